The molecule has 0 saturated heterocycles. The molecule has 0 spiro atoms. The first-order valence-corrected chi connectivity index (χ1v) is 9.69. The highest BCUT2D eigenvalue weighted by Crippen LogP contribution is 2.32. The number of hydrogen-bond acceptors (Lipinski definition) is 4. The van der Waals surface area contributed by atoms with Gasteiger partial charge >= 0.3 is 0 Å². The van der Waals surface area contributed by atoms with Gasteiger partial charge in [-0.05, 0) is 67.5 Å². The molecule has 2 N–H and O–H groups in total. The smallest absolute Gasteiger partial charge is 0.251 e. The van der Waals surface area contributed by atoms with E-state index < -0.39 is 0 Å². The molecule has 0 saturated carbocycles. The van der Waals surface area contributed by atoms with Crippen LogP contribution in [0.1, 0.15) is 52.9 Å². The standard InChI is InChI=1S/C22H24N2O4/c1-14(16-7-6-15-4-2-3-5-17(15)10-16)24-21(25)12-23-22(26)18-8-9-19-20(11-18)28-13-27-19/h6-11,14H,2-5,12-13H2,1H3,(H,23,26)(H,24,25)/t14-/m0/s1. The van der Waals surface area contributed by atoms with E-state index in [-0.39, 0.29) is 31.2 Å². The van der Waals surface area contributed by atoms with Gasteiger partial charge in [-0.2, -0.15) is 0 Å². The normalized spacial score (nSPS) is 15.5. The van der Waals surface area contributed by atoms with Gasteiger partial charge in [0.1, 0.15) is 0 Å². The van der Waals surface area contributed by atoms with Gasteiger partial charge in [-0.1, -0.05) is 18.2 Å². The van der Waals surface area contributed by atoms with E-state index >= 15 is 0 Å². The van der Waals surface area contributed by atoms with Gasteiger partial charge in [0, 0.05) is 5.56 Å². The summed E-state index contributed by atoms with van der Waals surface area (Å²) in [7, 11) is 0. The van der Waals surface area contributed by atoms with Crippen molar-refractivity contribution in [2.24, 2.45) is 0 Å². The lowest BCUT2D eigenvalue weighted by Crippen LogP contribution is -2.38. The fourth-order valence-corrected chi connectivity index (χ4v) is 3.70. The number of amides is 2. The summed E-state index contributed by atoms with van der Waals surface area (Å²) in [5.41, 5.74) is 4.33. The van der Waals surface area contributed by atoms with Crippen molar-refractivity contribution in [2.45, 2.75) is 38.6 Å². The minimum absolute atomic E-state index is 0.0808. The number of carbonyl (C=O) groups excluding carboxylic acids is 2. The lowest BCUT2D eigenvalue weighted by molar-refractivity contribution is -0.120. The molecule has 1 aliphatic carbocycles. The summed E-state index contributed by atoms with van der Waals surface area (Å²) < 4.78 is 10.5. The topological polar surface area (TPSA) is 76.7 Å². The number of nitrogens with one attached hydrogen (secondary N) is 2. The van der Waals surface area contributed by atoms with Crippen molar-refractivity contribution in [1.82, 2.24) is 10.6 Å². The Hall–Kier alpha value is -3.02. The SMILES string of the molecule is C[C@H](NC(=O)CNC(=O)c1ccc2c(c1)OCO2)c1ccc2c(c1)CCCC2. The van der Waals surface area contributed by atoms with E-state index in [9.17, 15) is 9.59 Å². The third-order valence-electron chi connectivity index (χ3n) is 5.29. The van der Waals surface area contributed by atoms with Gasteiger partial charge in [-0.15, -0.1) is 0 Å². The van der Waals surface area contributed by atoms with Crippen LogP contribution in [-0.2, 0) is 17.6 Å². The second-order valence-corrected chi connectivity index (χ2v) is 7.28. The van der Waals surface area contributed by atoms with Gasteiger partial charge in [0.25, 0.3) is 5.91 Å². The van der Waals surface area contributed by atoms with Gasteiger partial charge in [0.2, 0.25) is 12.7 Å². The first-order chi connectivity index (χ1) is 13.6. The molecule has 28 heavy (non-hydrogen) atoms. The van der Waals surface area contributed by atoms with Crippen LogP contribution in [-0.4, -0.2) is 25.2 Å². The second-order valence-electron chi connectivity index (χ2n) is 7.28. The second kappa shape index (κ2) is 7.92. The molecule has 6 heteroatoms. The number of fused-ring (bicyclic) bond motifs is 2. The Balaban J connectivity index is 1.31. The van der Waals surface area contributed by atoms with E-state index in [4.69, 9.17) is 9.47 Å². The Labute approximate surface area is 164 Å². The lowest BCUT2D eigenvalue weighted by atomic mass is 9.89. The lowest BCUT2D eigenvalue weighted by Gasteiger charge is -2.20. The summed E-state index contributed by atoms with van der Waals surface area (Å²) in [5, 5.41) is 5.60. The summed E-state index contributed by atoms with van der Waals surface area (Å²) >= 11 is 0. The van der Waals surface area contributed by atoms with Crippen LogP contribution in [0.25, 0.3) is 0 Å². The number of rotatable bonds is 5. The number of benzene rings is 2. The van der Waals surface area contributed by atoms with Crippen molar-refractivity contribution in [3.8, 4) is 11.5 Å². The molecular formula is C22H24N2O4. The van der Waals surface area contributed by atoms with Crippen LogP contribution in [0.2, 0.25) is 0 Å². The zero-order valence-corrected chi connectivity index (χ0v) is 15.9. The molecule has 6 nitrogen and oxygen atoms in total. The Morgan fingerprint density at radius 2 is 1.79 bits per heavy atom. The van der Waals surface area contributed by atoms with E-state index in [1.165, 1.54) is 24.0 Å². The maximum absolute atomic E-state index is 12.3. The molecule has 1 aliphatic heterocycles. The molecule has 2 aromatic rings. The van der Waals surface area contributed by atoms with Crippen LogP contribution >= 0.6 is 0 Å². The van der Waals surface area contributed by atoms with Crippen molar-refractivity contribution in [1.29, 1.82) is 0 Å². The van der Waals surface area contributed by atoms with Crippen molar-refractivity contribution in [3.63, 3.8) is 0 Å². The number of ether oxygens (including phenoxy) is 2. The molecule has 0 radical (unpaired) electrons. The van der Waals surface area contributed by atoms with Gasteiger partial charge in [0.15, 0.2) is 11.5 Å². The molecule has 146 valence electrons. The fraction of sp³-hybridized carbons (Fsp3) is 0.364. The fourth-order valence-electron chi connectivity index (χ4n) is 3.70. The average Bonchev–Trinajstić information content (AvgIpc) is 3.19. The van der Waals surface area contributed by atoms with E-state index in [0.29, 0.717) is 17.1 Å². The molecule has 2 aliphatic rings. The number of aryl methyl sites for hydroxylation is 2. The van der Waals surface area contributed by atoms with Crippen LogP contribution in [0.3, 0.4) is 0 Å². The molecular weight excluding hydrogens is 356 g/mol. The monoisotopic (exact) mass is 380 g/mol. The molecule has 2 aromatic carbocycles. The highest BCUT2D eigenvalue weighted by molar-refractivity contribution is 5.97. The summed E-state index contributed by atoms with van der Waals surface area (Å²) in [4.78, 5) is 24.5. The third-order valence-corrected chi connectivity index (χ3v) is 5.29. The predicted molar refractivity (Wildman–Crippen MR) is 105 cm³/mol. The van der Waals surface area contributed by atoms with E-state index in [1.807, 2.05) is 6.92 Å². The maximum atomic E-state index is 12.3. The first-order valence-electron chi connectivity index (χ1n) is 9.69. The molecule has 2 amide bonds. The van der Waals surface area contributed by atoms with Crippen LogP contribution in [0, 0.1) is 0 Å². The van der Waals surface area contributed by atoms with E-state index in [2.05, 4.69) is 28.8 Å². The van der Waals surface area contributed by atoms with Gasteiger partial charge in [-0.25, -0.2) is 0 Å². The molecule has 1 heterocycles. The highest BCUT2D eigenvalue weighted by Gasteiger charge is 2.18. The molecule has 0 unspecified atom stereocenters. The van der Waals surface area contributed by atoms with Crippen molar-refractivity contribution >= 4 is 11.8 Å². The zero-order valence-electron chi connectivity index (χ0n) is 15.9. The minimum Gasteiger partial charge on any atom is -0.454 e. The van der Waals surface area contributed by atoms with Gasteiger partial charge in [-0.3, -0.25) is 9.59 Å². The Morgan fingerprint density at radius 1 is 1.00 bits per heavy atom. The Kier molecular flexibility index (Phi) is 5.19. The molecule has 0 bridgehead atoms. The van der Waals surface area contributed by atoms with E-state index in [1.54, 1.807) is 18.2 Å². The first kappa shape index (κ1) is 18.3. The summed E-state index contributed by atoms with van der Waals surface area (Å²) in [6.07, 6.45) is 4.72. The molecule has 4 rings (SSSR count). The third kappa shape index (κ3) is 3.96. The zero-order chi connectivity index (χ0) is 19.5. The summed E-state index contributed by atoms with van der Waals surface area (Å²) in [5.74, 6) is 0.612. The van der Waals surface area contributed by atoms with Crippen LogP contribution < -0.4 is 20.1 Å². The minimum atomic E-state index is -0.324. The largest absolute Gasteiger partial charge is 0.454 e. The molecule has 0 aromatic heterocycles. The predicted octanol–water partition coefficient (Wildman–Crippen LogP) is 2.90. The van der Waals surface area contributed by atoms with Crippen LogP contribution in [0.15, 0.2) is 36.4 Å². The number of hydrogen-bond donors (Lipinski definition) is 2. The highest BCUT2D eigenvalue weighted by atomic mass is 16.7. The molecule has 0 fully saturated rings. The number of carbonyl (C=O) groups is 2. The van der Waals surface area contributed by atoms with Crippen molar-refractivity contribution in [3.05, 3.63) is 58.7 Å². The van der Waals surface area contributed by atoms with E-state index in [0.717, 1.165) is 18.4 Å². The molecule has 1 atom stereocenters. The Bertz CT molecular complexity index is 909. The van der Waals surface area contributed by atoms with Crippen LogP contribution in [0.5, 0.6) is 11.5 Å². The average molecular weight is 380 g/mol. The van der Waals surface area contributed by atoms with Crippen molar-refractivity contribution < 1.29 is 19.1 Å². The Morgan fingerprint density at radius 3 is 2.64 bits per heavy atom. The van der Waals surface area contributed by atoms with Gasteiger partial charge in [0.05, 0.1) is 12.6 Å². The maximum Gasteiger partial charge on any atom is 0.251 e. The quantitative estimate of drug-likeness (QED) is 0.836. The van der Waals surface area contributed by atoms with Gasteiger partial charge < -0.3 is 20.1 Å². The van der Waals surface area contributed by atoms with Crippen LogP contribution in [0.4, 0.5) is 0 Å². The summed E-state index contributed by atoms with van der Waals surface area (Å²) in [6.45, 7) is 2.04. The summed E-state index contributed by atoms with van der Waals surface area (Å²) in [6, 6.07) is 11.3. The van der Waals surface area contributed by atoms with Crippen molar-refractivity contribution in [2.75, 3.05) is 13.3 Å².